The lowest BCUT2D eigenvalue weighted by molar-refractivity contribution is 0.103. The van der Waals surface area contributed by atoms with Gasteiger partial charge in [0.15, 0.2) is 5.78 Å². The predicted octanol–water partition coefficient (Wildman–Crippen LogP) is 5.92. The molecule has 0 fully saturated rings. The number of ketones is 1. The summed E-state index contributed by atoms with van der Waals surface area (Å²) in [4.78, 5) is 39.0. The molecule has 0 aliphatic carbocycles. The molecule has 2 aromatic rings. The monoisotopic (exact) mass is 520 g/mol. The van der Waals surface area contributed by atoms with Crippen LogP contribution in [0.25, 0.3) is 0 Å². The van der Waals surface area contributed by atoms with E-state index in [0.717, 1.165) is 28.9 Å². The van der Waals surface area contributed by atoms with Crippen LogP contribution in [0.4, 0.5) is 0 Å². The number of ether oxygens (including phenoxy) is 1. The van der Waals surface area contributed by atoms with Gasteiger partial charge < -0.3 is 19.4 Å². The van der Waals surface area contributed by atoms with Crippen molar-refractivity contribution in [2.24, 2.45) is 0 Å². The van der Waals surface area contributed by atoms with E-state index in [1.54, 1.807) is 30.3 Å². The summed E-state index contributed by atoms with van der Waals surface area (Å²) in [6.07, 6.45) is 6.28. The Morgan fingerprint density at radius 1 is 0.914 bits per heavy atom. The quantitative estimate of drug-likeness (QED) is 0.129. The topological polar surface area (TPSA) is 130 Å². The van der Waals surface area contributed by atoms with Gasteiger partial charge in [0.1, 0.15) is 0 Å². The van der Waals surface area contributed by atoms with Gasteiger partial charge in [-0.3, -0.25) is 9.36 Å². The molecule has 2 rings (SSSR count). The van der Waals surface area contributed by atoms with E-state index < -0.39 is 15.4 Å². The summed E-state index contributed by atoms with van der Waals surface area (Å²) >= 11 is 0. The summed E-state index contributed by atoms with van der Waals surface area (Å²) in [5, 5.41) is 0. The van der Waals surface area contributed by atoms with Crippen molar-refractivity contribution in [2.75, 3.05) is 6.61 Å². The molecule has 0 saturated heterocycles. The summed E-state index contributed by atoms with van der Waals surface area (Å²) < 4.78 is 31.8. The van der Waals surface area contributed by atoms with Crippen LogP contribution in [0.2, 0.25) is 0 Å². The van der Waals surface area contributed by atoms with Gasteiger partial charge in [0.25, 0.3) is 0 Å². The zero-order valence-corrected chi connectivity index (χ0v) is 21.4. The van der Waals surface area contributed by atoms with Gasteiger partial charge in [-0.2, -0.15) is 0 Å². The molecule has 0 heterocycles. The summed E-state index contributed by atoms with van der Waals surface area (Å²) in [6.45, 7) is 4.68. The fourth-order valence-corrected chi connectivity index (χ4v) is 4.76. The number of hydrogen-bond acceptors (Lipinski definition) is 5. The maximum absolute atomic E-state index is 12.5. The van der Waals surface area contributed by atoms with Crippen LogP contribution in [0.1, 0.15) is 48.2 Å². The lowest BCUT2D eigenvalue weighted by Crippen LogP contribution is -2.02. The van der Waals surface area contributed by atoms with E-state index in [9.17, 15) is 18.8 Å². The number of allylic oxidation sites excluding steroid dienone is 4. The van der Waals surface area contributed by atoms with E-state index in [1.165, 1.54) is 6.08 Å². The molecule has 10 heteroatoms. The number of hydrogen-bond donors (Lipinski definition) is 3. The van der Waals surface area contributed by atoms with E-state index in [-0.39, 0.29) is 5.78 Å². The summed E-state index contributed by atoms with van der Waals surface area (Å²) in [5.74, 6) is 0.714. The standard InChI is InChI=1S/C25H30O8P2/c1-20(10-7-17-34(27,28)33-35(29,30)31)8-6-9-21(2)18-32-19-22-13-15-24(16-14-22)25(26)23-11-4-3-5-12-23/h3-5,7,9-17H,6,8,18-19H2,1-2H3,(H,27,28)(H2,29,30,31)/b17-7+,20-10+,21-9+. The molecule has 3 N–H and O–H groups in total. The predicted molar refractivity (Wildman–Crippen MR) is 135 cm³/mol. The third-order valence-corrected chi connectivity index (χ3v) is 7.10. The van der Waals surface area contributed by atoms with Crippen LogP contribution < -0.4 is 0 Å². The highest BCUT2D eigenvalue weighted by Crippen LogP contribution is 2.57. The minimum Gasteiger partial charge on any atom is -0.372 e. The molecule has 0 aromatic heterocycles. The Morgan fingerprint density at radius 2 is 1.54 bits per heavy atom. The average molecular weight is 520 g/mol. The average Bonchev–Trinajstić information content (AvgIpc) is 2.78. The SMILES string of the molecule is C/C(=C\C=C\P(=O)(O)OP(=O)(O)O)CC/C=C(\C)COCc1ccc(C(=O)c2ccccc2)cc1. The Bertz CT molecular complexity index is 1160. The fraction of sp³-hybridized carbons (Fsp3) is 0.240. The highest BCUT2D eigenvalue weighted by molar-refractivity contribution is 7.65. The van der Waals surface area contributed by atoms with E-state index >= 15 is 0 Å². The van der Waals surface area contributed by atoms with Crippen molar-refractivity contribution in [3.63, 3.8) is 0 Å². The van der Waals surface area contributed by atoms with Gasteiger partial charge >= 0.3 is 15.4 Å². The first kappa shape index (κ1) is 28.8. The van der Waals surface area contributed by atoms with Crippen LogP contribution in [0, 0.1) is 0 Å². The molecule has 2 aromatic carbocycles. The molecule has 35 heavy (non-hydrogen) atoms. The van der Waals surface area contributed by atoms with Crippen molar-refractivity contribution in [3.8, 4) is 0 Å². The van der Waals surface area contributed by atoms with Gasteiger partial charge in [-0.25, -0.2) is 8.88 Å². The molecule has 0 amide bonds. The van der Waals surface area contributed by atoms with Gasteiger partial charge in [0.05, 0.1) is 13.2 Å². The van der Waals surface area contributed by atoms with Gasteiger partial charge in [-0.15, -0.1) is 0 Å². The van der Waals surface area contributed by atoms with Crippen molar-refractivity contribution in [1.82, 2.24) is 0 Å². The zero-order valence-electron chi connectivity index (χ0n) is 19.6. The summed E-state index contributed by atoms with van der Waals surface area (Å²) in [6, 6.07) is 16.5. The highest BCUT2D eigenvalue weighted by Gasteiger charge is 2.27. The largest absolute Gasteiger partial charge is 0.477 e. The minimum absolute atomic E-state index is 0.0171. The van der Waals surface area contributed by atoms with E-state index in [4.69, 9.17) is 14.5 Å². The number of carbonyl (C=O) groups is 1. The molecule has 188 valence electrons. The van der Waals surface area contributed by atoms with Crippen molar-refractivity contribution < 1.29 is 37.7 Å². The van der Waals surface area contributed by atoms with Crippen molar-refractivity contribution in [1.29, 1.82) is 0 Å². The van der Waals surface area contributed by atoms with Crippen LogP contribution in [0.5, 0.6) is 0 Å². The molecule has 0 spiro atoms. The highest BCUT2D eigenvalue weighted by atomic mass is 31.3. The third kappa shape index (κ3) is 11.7. The Hall–Kier alpha value is -2.41. The third-order valence-electron chi connectivity index (χ3n) is 4.76. The Morgan fingerprint density at radius 3 is 2.17 bits per heavy atom. The first-order chi connectivity index (χ1) is 16.5. The molecule has 0 bridgehead atoms. The number of rotatable bonds is 13. The lowest BCUT2D eigenvalue weighted by atomic mass is 10.0. The molecule has 0 radical (unpaired) electrons. The van der Waals surface area contributed by atoms with Crippen LogP contribution in [0.3, 0.4) is 0 Å². The van der Waals surface area contributed by atoms with E-state index in [1.807, 2.05) is 50.3 Å². The maximum atomic E-state index is 12.5. The van der Waals surface area contributed by atoms with Gasteiger partial charge in [-0.05, 0) is 32.3 Å². The molecule has 8 nitrogen and oxygen atoms in total. The molecular formula is C25H30O8P2. The summed E-state index contributed by atoms with van der Waals surface area (Å²) in [5.41, 5.74) is 4.22. The minimum atomic E-state index is -5.05. The Labute approximate surface area is 205 Å². The lowest BCUT2D eigenvalue weighted by Gasteiger charge is -2.07. The van der Waals surface area contributed by atoms with Crippen LogP contribution >= 0.6 is 15.4 Å². The second-order valence-corrected chi connectivity index (χ2v) is 11.0. The van der Waals surface area contributed by atoms with Crippen molar-refractivity contribution >= 4 is 21.2 Å². The zero-order chi connectivity index (χ0) is 25.9. The van der Waals surface area contributed by atoms with Gasteiger partial charge in [0, 0.05) is 16.9 Å². The van der Waals surface area contributed by atoms with Crippen LogP contribution in [-0.2, 0) is 24.8 Å². The van der Waals surface area contributed by atoms with Crippen LogP contribution in [-0.4, -0.2) is 27.1 Å². The molecular weight excluding hydrogens is 490 g/mol. The van der Waals surface area contributed by atoms with Crippen molar-refractivity contribution in [3.05, 3.63) is 106 Å². The Balaban J connectivity index is 1.74. The molecule has 0 aliphatic rings. The van der Waals surface area contributed by atoms with E-state index in [2.05, 4.69) is 4.31 Å². The maximum Gasteiger partial charge on any atom is 0.477 e. The molecule has 0 saturated carbocycles. The first-order valence-electron chi connectivity index (χ1n) is 10.8. The molecule has 0 aliphatic heterocycles. The number of benzene rings is 2. The fourth-order valence-electron chi connectivity index (χ4n) is 3.02. The van der Waals surface area contributed by atoms with Gasteiger partial charge in [-0.1, -0.05) is 84.0 Å². The van der Waals surface area contributed by atoms with E-state index in [0.29, 0.717) is 30.8 Å². The summed E-state index contributed by atoms with van der Waals surface area (Å²) in [7, 11) is -9.55. The molecule has 1 atom stereocenters. The number of phosphoric acid groups is 1. The van der Waals surface area contributed by atoms with Crippen molar-refractivity contribution in [2.45, 2.75) is 33.3 Å². The normalized spacial score (nSPS) is 14.8. The van der Waals surface area contributed by atoms with Crippen LogP contribution in [0.15, 0.2) is 89.8 Å². The molecule has 1 unspecified atom stereocenters. The number of carbonyl (C=O) groups excluding carboxylic acids is 1. The second-order valence-electron chi connectivity index (χ2n) is 7.96. The smallest absolute Gasteiger partial charge is 0.372 e. The van der Waals surface area contributed by atoms with Gasteiger partial charge in [0.2, 0.25) is 0 Å². The Kier molecular flexibility index (Phi) is 11.2. The first-order valence-corrected chi connectivity index (χ1v) is 14.0. The second kappa shape index (κ2) is 13.6.